The molecule has 0 heterocycles. The molecule has 0 amide bonds. The van der Waals surface area contributed by atoms with Gasteiger partial charge in [0.2, 0.25) is 0 Å². The van der Waals surface area contributed by atoms with Crippen LogP contribution < -0.4 is 4.74 Å². The molecule has 1 aromatic rings. The Labute approximate surface area is 106 Å². The molecule has 1 aromatic carbocycles. The van der Waals surface area contributed by atoms with Gasteiger partial charge < -0.3 is 9.84 Å². The van der Waals surface area contributed by atoms with Crippen molar-refractivity contribution in [2.45, 2.75) is 19.5 Å². The van der Waals surface area contributed by atoms with E-state index in [4.69, 9.17) is 4.74 Å². The number of likely N-dealkylation sites (N-methyl/N-ethyl adjacent to an activating group) is 1. The number of hydrogen-bond acceptors (Lipinski definition) is 3. The standard InChI is InChI=1S/C13H19F2NO2/c1-3-18-12-7-5-4-6-10(12)11(17)8-16(2)9-13(14)15/h4-7,11,13,17H,3,8-9H2,1-2H3. The molecule has 0 aromatic heterocycles. The van der Waals surface area contributed by atoms with Crippen LogP contribution in [-0.2, 0) is 0 Å². The summed E-state index contributed by atoms with van der Waals surface area (Å²) in [5.74, 6) is 0.595. The molecule has 1 rings (SSSR count). The molecule has 3 nitrogen and oxygen atoms in total. The number of para-hydroxylation sites is 1. The van der Waals surface area contributed by atoms with Gasteiger partial charge in [-0.05, 0) is 20.0 Å². The van der Waals surface area contributed by atoms with Gasteiger partial charge >= 0.3 is 0 Å². The maximum Gasteiger partial charge on any atom is 0.251 e. The summed E-state index contributed by atoms with van der Waals surface area (Å²) in [6.45, 7) is 2.14. The average Bonchev–Trinajstić information content (AvgIpc) is 2.28. The van der Waals surface area contributed by atoms with Gasteiger partial charge in [0, 0.05) is 12.1 Å². The predicted molar refractivity (Wildman–Crippen MR) is 66.1 cm³/mol. The summed E-state index contributed by atoms with van der Waals surface area (Å²) >= 11 is 0. The van der Waals surface area contributed by atoms with Gasteiger partial charge in [0.15, 0.2) is 0 Å². The molecule has 0 aliphatic rings. The highest BCUT2D eigenvalue weighted by atomic mass is 19.3. The lowest BCUT2D eigenvalue weighted by atomic mass is 10.1. The van der Waals surface area contributed by atoms with Crippen molar-refractivity contribution in [2.75, 3.05) is 26.7 Å². The zero-order valence-electron chi connectivity index (χ0n) is 10.6. The molecule has 1 unspecified atom stereocenters. The molecule has 1 atom stereocenters. The number of aliphatic hydroxyl groups is 1. The lowest BCUT2D eigenvalue weighted by Gasteiger charge is -2.21. The van der Waals surface area contributed by atoms with Gasteiger partial charge in [0.05, 0.1) is 19.3 Å². The quantitative estimate of drug-likeness (QED) is 0.815. The first-order chi connectivity index (χ1) is 8.54. The van der Waals surface area contributed by atoms with Crippen molar-refractivity contribution in [1.82, 2.24) is 4.90 Å². The van der Waals surface area contributed by atoms with E-state index in [1.54, 1.807) is 25.2 Å². The summed E-state index contributed by atoms with van der Waals surface area (Å²) in [7, 11) is 1.55. The Balaban J connectivity index is 2.68. The minimum absolute atomic E-state index is 0.147. The van der Waals surface area contributed by atoms with Crippen molar-refractivity contribution < 1.29 is 18.6 Å². The Morgan fingerprint density at radius 1 is 1.28 bits per heavy atom. The Bertz CT molecular complexity index is 361. The molecule has 0 saturated carbocycles. The number of benzene rings is 1. The lowest BCUT2D eigenvalue weighted by Crippen LogP contribution is -2.29. The summed E-state index contributed by atoms with van der Waals surface area (Å²) in [4.78, 5) is 1.40. The van der Waals surface area contributed by atoms with E-state index in [1.165, 1.54) is 4.90 Å². The first kappa shape index (κ1) is 14.9. The van der Waals surface area contributed by atoms with Crippen molar-refractivity contribution in [3.8, 4) is 5.75 Å². The third-order valence-corrected chi connectivity index (χ3v) is 2.51. The third-order valence-electron chi connectivity index (χ3n) is 2.51. The van der Waals surface area contributed by atoms with Gasteiger partial charge in [-0.1, -0.05) is 18.2 Å². The molecular formula is C13H19F2NO2. The zero-order valence-corrected chi connectivity index (χ0v) is 10.6. The molecule has 0 bridgehead atoms. The van der Waals surface area contributed by atoms with E-state index in [-0.39, 0.29) is 13.1 Å². The maximum atomic E-state index is 12.2. The molecule has 1 N–H and O–H groups in total. The van der Waals surface area contributed by atoms with Crippen molar-refractivity contribution in [1.29, 1.82) is 0 Å². The fourth-order valence-electron chi connectivity index (χ4n) is 1.75. The van der Waals surface area contributed by atoms with Crippen LogP contribution in [-0.4, -0.2) is 43.2 Å². The smallest absolute Gasteiger partial charge is 0.251 e. The van der Waals surface area contributed by atoms with Crippen molar-refractivity contribution in [3.63, 3.8) is 0 Å². The molecule has 0 aliphatic carbocycles. The summed E-state index contributed by atoms with van der Waals surface area (Å²) < 4.78 is 29.8. The SMILES string of the molecule is CCOc1ccccc1C(O)CN(C)CC(F)F. The highest BCUT2D eigenvalue weighted by molar-refractivity contribution is 5.35. The second kappa shape index (κ2) is 7.28. The Kier molecular flexibility index (Phi) is 6.01. The number of halogens is 2. The summed E-state index contributed by atoms with van der Waals surface area (Å²) in [5, 5.41) is 10.0. The van der Waals surface area contributed by atoms with Gasteiger partial charge in [-0.25, -0.2) is 8.78 Å². The maximum absolute atomic E-state index is 12.2. The third kappa shape index (κ3) is 4.58. The minimum atomic E-state index is -2.40. The van der Waals surface area contributed by atoms with Crippen LogP contribution >= 0.6 is 0 Å². The van der Waals surface area contributed by atoms with Crippen molar-refractivity contribution >= 4 is 0 Å². The van der Waals surface area contributed by atoms with Crippen LogP contribution in [0.2, 0.25) is 0 Å². The first-order valence-electron chi connectivity index (χ1n) is 5.91. The van der Waals surface area contributed by atoms with Gasteiger partial charge in [-0.15, -0.1) is 0 Å². The average molecular weight is 259 g/mol. The summed E-state index contributed by atoms with van der Waals surface area (Å²) in [6, 6.07) is 7.10. The molecule has 0 fully saturated rings. The Hall–Kier alpha value is -1.20. The largest absolute Gasteiger partial charge is 0.493 e. The molecular weight excluding hydrogens is 240 g/mol. The van der Waals surface area contributed by atoms with Gasteiger partial charge in [-0.3, -0.25) is 4.90 Å². The molecule has 0 saturated heterocycles. The van der Waals surface area contributed by atoms with Crippen LogP contribution in [0.3, 0.4) is 0 Å². The van der Waals surface area contributed by atoms with Crippen LogP contribution in [0.1, 0.15) is 18.6 Å². The number of ether oxygens (including phenoxy) is 1. The molecule has 102 valence electrons. The van der Waals surface area contributed by atoms with E-state index in [1.807, 2.05) is 13.0 Å². The molecule has 0 spiro atoms. The highest BCUT2D eigenvalue weighted by Crippen LogP contribution is 2.25. The molecule has 18 heavy (non-hydrogen) atoms. The van der Waals surface area contributed by atoms with Crippen LogP contribution in [0.5, 0.6) is 5.75 Å². The number of aliphatic hydroxyl groups excluding tert-OH is 1. The molecule has 5 heteroatoms. The Morgan fingerprint density at radius 3 is 2.56 bits per heavy atom. The number of nitrogens with zero attached hydrogens (tertiary/aromatic N) is 1. The predicted octanol–water partition coefficient (Wildman–Crippen LogP) is 2.32. The van der Waals surface area contributed by atoms with E-state index in [0.717, 1.165) is 0 Å². The van der Waals surface area contributed by atoms with Crippen molar-refractivity contribution in [2.24, 2.45) is 0 Å². The van der Waals surface area contributed by atoms with E-state index < -0.39 is 12.5 Å². The normalized spacial score (nSPS) is 13.1. The van der Waals surface area contributed by atoms with E-state index in [9.17, 15) is 13.9 Å². The van der Waals surface area contributed by atoms with E-state index >= 15 is 0 Å². The fraction of sp³-hybridized carbons (Fsp3) is 0.538. The monoisotopic (exact) mass is 259 g/mol. The Morgan fingerprint density at radius 2 is 1.94 bits per heavy atom. The first-order valence-corrected chi connectivity index (χ1v) is 5.91. The second-order valence-corrected chi connectivity index (χ2v) is 4.10. The van der Waals surface area contributed by atoms with E-state index in [2.05, 4.69) is 0 Å². The summed E-state index contributed by atoms with van der Waals surface area (Å²) in [6.07, 6.45) is -3.24. The lowest BCUT2D eigenvalue weighted by molar-refractivity contribution is 0.0671. The minimum Gasteiger partial charge on any atom is -0.493 e. The van der Waals surface area contributed by atoms with Crippen LogP contribution in [0.4, 0.5) is 8.78 Å². The van der Waals surface area contributed by atoms with Gasteiger partial charge in [-0.2, -0.15) is 0 Å². The van der Waals surface area contributed by atoms with Crippen LogP contribution in [0.15, 0.2) is 24.3 Å². The molecule has 0 aliphatic heterocycles. The molecule has 0 radical (unpaired) electrons. The zero-order chi connectivity index (χ0) is 13.5. The van der Waals surface area contributed by atoms with Crippen LogP contribution in [0.25, 0.3) is 0 Å². The topological polar surface area (TPSA) is 32.7 Å². The van der Waals surface area contributed by atoms with E-state index in [0.29, 0.717) is 17.9 Å². The highest BCUT2D eigenvalue weighted by Gasteiger charge is 2.17. The second-order valence-electron chi connectivity index (χ2n) is 4.10. The summed E-state index contributed by atoms with van der Waals surface area (Å²) in [5.41, 5.74) is 0.625. The number of alkyl halides is 2. The fourth-order valence-corrected chi connectivity index (χ4v) is 1.75. The van der Waals surface area contributed by atoms with Gasteiger partial charge in [0.1, 0.15) is 5.75 Å². The van der Waals surface area contributed by atoms with Crippen molar-refractivity contribution in [3.05, 3.63) is 29.8 Å². The number of rotatable bonds is 7. The number of hydrogen-bond donors (Lipinski definition) is 1. The van der Waals surface area contributed by atoms with Crippen LogP contribution in [0, 0.1) is 0 Å². The van der Waals surface area contributed by atoms with Gasteiger partial charge in [0.25, 0.3) is 6.43 Å².